The minimum absolute atomic E-state index is 0.330. The van der Waals surface area contributed by atoms with Crippen LogP contribution in [-0.4, -0.2) is 44.1 Å². The molecule has 1 aliphatic rings. The average Bonchev–Trinajstić information content (AvgIpc) is 3.17. The molecule has 0 saturated carbocycles. The van der Waals surface area contributed by atoms with E-state index in [0.29, 0.717) is 29.9 Å². The lowest BCUT2D eigenvalue weighted by molar-refractivity contribution is 0.0465. The van der Waals surface area contributed by atoms with Gasteiger partial charge in [-0.2, -0.15) is 0 Å². The molecule has 1 aromatic heterocycles. The molecule has 2 heterocycles. The summed E-state index contributed by atoms with van der Waals surface area (Å²) in [6, 6.07) is 8.17. The molecular weight excluding hydrogens is 344 g/mol. The first-order chi connectivity index (χ1) is 11.8. The number of hydrogen-bond acceptors (Lipinski definition) is 5. The lowest BCUT2D eigenvalue weighted by Crippen LogP contribution is -2.27. The van der Waals surface area contributed by atoms with Gasteiger partial charge in [-0.3, -0.25) is 9.10 Å². The Hall–Kier alpha value is -2.61. The molecule has 3 rings (SSSR count). The number of carbonyl (C=O) groups excluding carboxylic acids is 2. The van der Waals surface area contributed by atoms with E-state index < -0.39 is 16.0 Å². The largest absolute Gasteiger partial charge is 0.453 e. The van der Waals surface area contributed by atoms with E-state index in [1.165, 1.54) is 4.31 Å². The number of hydrogen-bond donors (Lipinski definition) is 0. The van der Waals surface area contributed by atoms with Crippen molar-refractivity contribution in [2.24, 2.45) is 7.05 Å². The number of sulfonamides is 1. The van der Waals surface area contributed by atoms with E-state index in [0.717, 1.165) is 11.8 Å². The fraction of sp³-hybridized carbons (Fsp3) is 0.294. The Labute approximate surface area is 145 Å². The van der Waals surface area contributed by atoms with Crippen molar-refractivity contribution in [3.63, 3.8) is 0 Å². The van der Waals surface area contributed by atoms with E-state index in [4.69, 9.17) is 4.74 Å². The number of ketones is 1. The van der Waals surface area contributed by atoms with Gasteiger partial charge in [0.2, 0.25) is 10.0 Å². The van der Waals surface area contributed by atoms with Crippen molar-refractivity contribution in [1.29, 1.82) is 0 Å². The van der Waals surface area contributed by atoms with E-state index in [-0.39, 0.29) is 12.4 Å². The zero-order valence-corrected chi connectivity index (χ0v) is 14.7. The summed E-state index contributed by atoms with van der Waals surface area (Å²) in [5, 5.41) is 0. The molecule has 0 unspecified atom stereocenters. The number of esters is 1. The Balaban J connectivity index is 1.70. The van der Waals surface area contributed by atoms with Gasteiger partial charge < -0.3 is 9.30 Å². The summed E-state index contributed by atoms with van der Waals surface area (Å²) in [5.41, 5.74) is 2.16. The van der Waals surface area contributed by atoms with E-state index in [9.17, 15) is 18.0 Å². The molecule has 132 valence electrons. The number of fused-ring (bicyclic) bond motifs is 1. The van der Waals surface area contributed by atoms with Crippen molar-refractivity contribution in [3.05, 3.63) is 53.3 Å². The molecule has 1 aromatic carbocycles. The summed E-state index contributed by atoms with van der Waals surface area (Å²) in [4.78, 5) is 24.2. The highest BCUT2D eigenvalue weighted by atomic mass is 32.2. The molecule has 0 bridgehead atoms. The maximum Gasteiger partial charge on any atom is 0.355 e. The fourth-order valence-corrected chi connectivity index (χ4v) is 3.81. The maximum atomic E-state index is 12.3. The van der Waals surface area contributed by atoms with Gasteiger partial charge in [-0.15, -0.1) is 0 Å². The van der Waals surface area contributed by atoms with E-state index in [2.05, 4.69) is 0 Å². The van der Waals surface area contributed by atoms with Gasteiger partial charge in [0, 0.05) is 25.4 Å². The topological polar surface area (TPSA) is 85.7 Å². The van der Waals surface area contributed by atoms with Crippen molar-refractivity contribution in [2.45, 2.75) is 6.42 Å². The second-order valence-corrected chi connectivity index (χ2v) is 7.84. The normalized spacial score (nSPS) is 13.6. The SMILES string of the molecule is Cn1cccc1C(=O)OCC(=O)c1ccc2c(c1)CCN2S(C)(=O)=O. The van der Waals surface area contributed by atoms with Crippen LogP contribution >= 0.6 is 0 Å². The van der Waals surface area contributed by atoms with Gasteiger partial charge in [-0.25, -0.2) is 13.2 Å². The molecule has 7 nitrogen and oxygen atoms in total. The van der Waals surface area contributed by atoms with Gasteiger partial charge in [0.25, 0.3) is 0 Å². The van der Waals surface area contributed by atoms with Crippen LogP contribution < -0.4 is 4.31 Å². The van der Waals surface area contributed by atoms with E-state index in [1.807, 2.05) is 0 Å². The third-order valence-corrected chi connectivity index (χ3v) is 5.32. The quantitative estimate of drug-likeness (QED) is 0.593. The highest BCUT2D eigenvalue weighted by Crippen LogP contribution is 2.30. The molecule has 0 saturated heterocycles. The summed E-state index contributed by atoms with van der Waals surface area (Å²) in [6.45, 7) is 0.00682. The number of Topliss-reactive ketones (excluding diaryl/α,β-unsaturated/α-hetero) is 1. The monoisotopic (exact) mass is 362 g/mol. The molecule has 0 aliphatic carbocycles. The number of nitrogens with zero attached hydrogens (tertiary/aromatic N) is 2. The molecule has 2 aromatic rings. The minimum Gasteiger partial charge on any atom is -0.453 e. The van der Waals surface area contributed by atoms with E-state index in [1.54, 1.807) is 48.1 Å². The number of aromatic nitrogens is 1. The first-order valence-corrected chi connectivity index (χ1v) is 9.54. The van der Waals surface area contributed by atoms with Crippen LogP contribution in [0.15, 0.2) is 36.5 Å². The number of anilines is 1. The maximum absolute atomic E-state index is 12.3. The van der Waals surface area contributed by atoms with Crippen LogP contribution in [0.3, 0.4) is 0 Å². The molecule has 8 heteroatoms. The molecule has 0 atom stereocenters. The van der Waals surface area contributed by atoms with Gasteiger partial charge in [0.05, 0.1) is 11.9 Å². The van der Waals surface area contributed by atoms with Crippen LogP contribution in [0.25, 0.3) is 0 Å². The summed E-state index contributed by atoms with van der Waals surface area (Å²) in [7, 11) is -1.61. The Morgan fingerprint density at radius 3 is 2.64 bits per heavy atom. The van der Waals surface area contributed by atoms with Crippen LogP contribution in [0, 0.1) is 0 Å². The molecule has 0 N–H and O–H groups in total. The van der Waals surface area contributed by atoms with Gasteiger partial charge in [-0.05, 0) is 42.3 Å². The van der Waals surface area contributed by atoms with Crippen molar-refractivity contribution in [1.82, 2.24) is 4.57 Å². The van der Waals surface area contributed by atoms with Gasteiger partial charge in [-0.1, -0.05) is 0 Å². The second kappa shape index (κ2) is 6.36. The number of rotatable bonds is 5. The fourth-order valence-electron chi connectivity index (χ4n) is 2.85. The Morgan fingerprint density at radius 2 is 2.00 bits per heavy atom. The number of aryl methyl sites for hydroxylation is 1. The molecule has 0 spiro atoms. The van der Waals surface area contributed by atoms with Gasteiger partial charge in [0.1, 0.15) is 5.69 Å². The van der Waals surface area contributed by atoms with Crippen molar-refractivity contribution in [3.8, 4) is 0 Å². The lowest BCUT2D eigenvalue weighted by Gasteiger charge is -2.16. The molecule has 0 radical (unpaired) electrons. The standard InChI is InChI=1S/C17H18N2O5S/c1-18-8-3-4-15(18)17(21)24-11-16(20)13-5-6-14-12(10-13)7-9-19(14)25(2,22)23/h3-6,8,10H,7,9,11H2,1-2H3. The highest BCUT2D eigenvalue weighted by Gasteiger charge is 2.27. The Morgan fingerprint density at radius 1 is 1.24 bits per heavy atom. The second-order valence-electron chi connectivity index (χ2n) is 5.93. The Kier molecular flexibility index (Phi) is 4.38. The number of carbonyl (C=O) groups is 2. The molecule has 25 heavy (non-hydrogen) atoms. The smallest absolute Gasteiger partial charge is 0.355 e. The molecule has 0 fully saturated rings. The highest BCUT2D eigenvalue weighted by molar-refractivity contribution is 7.92. The first kappa shape index (κ1) is 17.2. The Bertz CT molecular complexity index is 946. The average molecular weight is 362 g/mol. The first-order valence-electron chi connectivity index (χ1n) is 7.69. The van der Waals surface area contributed by atoms with Crippen molar-refractivity contribution >= 4 is 27.5 Å². The van der Waals surface area contributed by atoms with Crippen LogP contribution in [0.4, 0.5) is 5.69 Å². The van der Waals surface area contributed by atoms with Gasteiger partial charge >= 0.3 is 5.97 Å². The summed E-state index contributed by atoms with van der Waals surface area (Å²) < 4.78 is 31.5. The molecular formula is C17H18N2O5S. The van der Waals surface area contributed by atoms with Crippen LogP contribution in [-0.2, 0) is 28.2 Å². The lowest BCUT2D eigenvalue weighted by atomic mass is 10.1. The van der Waals surface area contributed by atoms with Crippen LogP contribution in [0.2, 0.25) is 0 Å². The summed E-state index contributed by atoms with van der Waals surface area (Å²) >= 11 is 0. The van der Waals surface area contributed by atoms with Crippen molar-refractivity contribution < 1.29 is 22.7 Å². The third-order valence-electron chi connectivity index (χ3n) is 4.14. The van der Waals surface area contributed by atoms with E-state index >= 15 is 0 Å². The molecule has 1 aliphatic heterocycles. The summed E-state index contributed by atoms with van der Waals surface area (Å²) in [6.07, 6.45) is 3.42. The summed E-state index contributed by atoms with van der Waals surface area (Å²) in [5.74, 6) is -0.895. The zero-order valence-electron chi connectivity index (χ0n) is 13.9. The van der Waals surface area contributed by atoms with Crippen molar-refractivity contribution in [2.75, 3.05) is 23.7 Å². The predicted molar refractivity (Wildman–Crippen MR) is 92.4 cm³/mol. The minimum atomic E-state index is -3.32. The number of ether oxygens (including phenoxy) is 1. The zero-order chi connectivity index (χ0) is 18.2. The van der Waals surface area contributed by atoms with Gasteiger partial charge in [0.15, 0.2) is 12.4 Å². The third kappa shape index (κ3) is 3.43. The van der Waals surface area contributed by atoms with Crippen LogP contribution in [0.5, 0.6) is 0 Å². The molecule has 0 amide bonds. The predicted octanol–water partition coefficient (Wildman–Crippen LogP) is 1.39. The van der Waals surface area contributed by atoms with Crippen LogP contribution in [0.1, 0.15) is 26.4 Å². The number of benzene rings is 1.